The lowest BCUT2D eigenvalue weighted by atomic mass is 10.2. The van der Waals surface area contributed by atoms with E-state index in [9.17, 15) is 10.1 Å². The predicted molar refractivity (Wildman–Crippen MR) is 80.4 cm³/mol. The van der Waals surface area contributed by atoms with Crippen LogP contribution in [0.3, 0.4) is 0 Å². The van der Waals surface area contributed by atoms with Gasteiger partial charge < -0.3 is 5.32 Å². The van der Waals surface area contributed by atoms with Crippen LogP contribution in [0.15, 0.2) is 46.3 Å². The van der Waals surface area contributed by atoms with Crippen LogP contribution < -0.4 is 5.32 Å². The molecule has 2 rings (SSSR count). The van der Waals surface area contributed by atoms with E-state index >= 15 is 0 Å². The smallest absolute Gasteiger partial charge is 0.301 e. The molecule has 5 nitrogen and oxygen atoms in total. The van der Waals surface area contributed by atoms with Crippen molar-refractivity contribution in [1.29, 1.82) is 0 Å². The van der Waals surface area contributed by atoms with Crippen LogP contribution in [0, 0.1) is 17.0 Å². The second-order valence-electron chi connectivity index (χ2n) is 4.18. The molecule has 0 saturated heterocycles. The fraction of sp³-hybridized carbons (Fsp3) is 0.214. The maximum atomic E-state index is 11.1. The van der Waals surface area contributed by atoms with Crippen molar-refractivity contribution < 1.29 is 4.92 Å². The first-order chi connectivity index (χ1) is 9.61. The summed E-state index contributed by atoms with van der Waals surface area (Å²) in [5.41, 5.74) is 1.10. The van der Waals surface area contributed by atoms with Crippen molar-refractivity contribution in [2.24, 2.45) is 0 Å². The molecule has 20 heavy (non-hydrogen) atoms. The van der Waals surface area contributed by atoms with Gasteiger partial charge in [0.1, 0.15) is 5.82 Å². The highest BCUT2D eigenvalue weighted by Crippen LogP contribution is 2.35. The Morgan fingerprint density at radius 2 is 2.05 bits per heavy atom. The average Bonchev–Trinajstić information content (AvgIpc) is 2.42. The summed E-state index contributed by atoms with van der Waals surface area (Å²) < 4.78 is 0. The van der Waals surface area contributed by atoms with Crippen LogP contribution in [0.25, 0.3) is 0 Å². The van der Waals surface area contributed by atoms with Crippen LogP contribution in [0.2, 0.25) is 0 Å². The van der Waals surface area contributed by atoms with Crippen molar-refractivity contribution in [2.75, 3.05) is 11.9 Å². The Morgan fingerprint density at radius 1 is 1.30 bits per heavy atom. The zero-order chi connectivity index (χ0) is 14.5. The largest absolute Gasteiger partial charge is 0.370 e. The Labute approximate surface area is 121 Å². The Hall–Kier alpha value is -2.08. The van der Waals surface area contributed by atoms with E-state index in [4.69, 9.17) is 0 Å². The summed E-state index contributed by atoms with van der Waals surface area (Å²) in [5.74, 6) is 0.647. The van der Waals surface area contributed by atoms with E-state index in [0.717, 1.165) is 17.0 Å². The average molecular weight is 289 g/mol. The van der Waals surface area contributed by atoms with Crippen LogP contribution in [-0.2, 0) is 0 Å². The summed E-state index contributed by atoms with van der Waals surface area (Å²) in [6, 6.07) is 10.9. The van der Waals surface area contributed by atoms with E-state index in [1.54, 1.807) is 6.07 Å². The van der Waals surface area contributed by atoms with Gasteiger partial charge in [-0.25, -0.2) is 4.98 Å². The number of pyridine rings is 1. The summed E-state index contributed by atoms with van der Waals surface area (Å²) in [7, 11) is 0. The molecule has 0 aliphatic rings. The summed E-state index contributed by atoms with van der Waals surface area (Å²) in [5, 5.41) is 14.6. The molecule has 0 aliphatic heterocycles. The van der Waals surface area contributed by atoms with Crippen LogP contribution in [0.4, 0.5) is 11.5 Å². The first kappa shape index (κ1) is 14.3. The molecule has 0 atom stereocenters. The number of aromatic nitrogens is 1. The van der Waals surface area contributed by atoms with Gasteiger partial charge in [-0.05, 0) is 31.5 Å². The highest BCUT2D eigenvalue weighted by atomic mass is 32.2. The quantitative estimate of drug-likeness (QED) is 0.668. The predicted octanol–water partition coefficient (Wildman–Crippen LogP) is 3.88. The Kier molecular flexibility index (Phi) is 4.57. The number of hydrogen-bond acceptors (Lipinski definition) is 5. The van der Waals surface area contributed by atoms with Gasteiger partial charge in [-0.1, -0.05) is 30.0 Å². The van der Waals surface area contributed by atoms with Crippen LogP contribution >= 0.6 is 11.8 Å². The molecule has 0 amide bonds. The van der Waals surface area contributed by atoms with Gasteiger partial charge in [0.15, 0.2) is 5.03 Å². The van der Waals surface area contributed by atoms with Crippen molar-refractivity contribution >= 4 is 23.3 Å². The highest BCUT2D eigenvalue weighted by Gasteiger charge is 2.17. The summed E-state index contributed by atoms with van der Waals surface area (Å²) >= 11 is 1.32. The molecule has 6 heteroatoms. The molecular weight excluding hydrogens is 274 g/mol. The van der Waals surface area contributed by atoms with Gasteiger partial charge in [0.2, 0.25) is 0 Å². The van der Waals surface area contributed by atoms with Crippen molar-refractivity contribution in [2.45, 2.75) is 23.8 Å². The summed E-state index contributed by atoms with van der Waals surface area (Å²) in [4.78, 5) is 16.0. The third-order valence-corrected chi connectivity index (χ3v) is 3.87. The van der Waals surface area contributed by atoms with Gasteiger partial charge in [-0.2, -0.15) is 0 Å². The monoisotopic (exact) mass is 289 g/mol. The molecule has 1 heterocycles. The standard InChI is InChI=1S/C14H15N3O2S/c1-3-15-13-9-8-11(17(18)19)14(16-13)20-12-7-5-4-6-10(12)2/h4-9H,3H2,1-2H3,(H,15,16). The van der Waals surface area contributed by atoms with Gasteiger partial charge >= 0.3 is 5.69 Å². The lowest BCUT2D eigenvalue weighted by molar-refractivity contribution is -0.388. The topological polar surface area (TPSA) is 68.1 Å². The molecule has 0 saturated carbocycles. The molecule has 1 aromatic carbocycles. The number of nitrogens with zero attached hydrogens (tertiary/aromatic N) is 2. The van der Waals surface area contributed by atoms with Crippen LogP contribution in [-0.4, -0.2) is 16.5 Å². The van der Waals surface area contributed by atoms with E-state index in [0.29, 0.717) is 10.8 Å². The molecule has 0 fully saturated rings. The number of aryl methyl sites for hydroxylation is 1. The lowest BCUT2D eigenvalue weighted by Gasteiger charge is -2.07. The fourth-order valence-corrected chi connectivity index (χ4v) is 2.68. The SMILES string of the molecule is CCNc1ccc([N+](=O)[O-])c(Sc2ccccc2C)n1. The first-order valence-corrected chi connectivity index (χ1v) is 7.06. The van der Waals surface area contributed by atoms with Crippen molar-refractivity contribution in [1.82, 2.24) is 4.98 Å². The normalized spacial score (nSPS) is 10.3. The molecule has 0 radical (unpaired) electrons. The number of rotatable bonds is 5. The van der Waals surface area contributed by atoms with Gasteiger partial charge in [0.25, 0.3) is 0 Å². The first-order valence-electron chi connectivity index (χ1n) is 6.24. The number of anilines is 1. The third kappa shape index (κ3) is 3.27. The van der Waals surface area contributed by atoms with E-state index in [1.165, 1.54) is 17.8 Å². The van der Waals surface area contributed by atoms with Crippen LogP contribution in [0.5, 0.6) is 0 Å². The fourth-order valence-electron chi connectivity index (χ4n) is 1.70. The van der Waals surface area contributed by atoms with Gasteiger partial charge in [0, 0.05) is 17.5 Å². The zero-order valence-electron chi connectivity index (χ0n) is 11.3. The molecular formula is C14H15N3O2S. The van der Waals surface area contributed by atoms with Crippen molar-refractivity contribution in [3.05, 3.63) is 52.1 Å². The molecule has 104 valence electrons. The van der Waals surface area contributed by atoms with Crippen molar-refractivity contribution in [3.63, 3.8) is 0 Å². The highest BCUT2D eigenvalue weighted by molar-refractivity contribution is 7.99. The molecule has 1 aromatic heterocycles. The molecule has 1 N–H and O–H groups in total. The molecule has 0 aliphatic carbocycles. The number of hydrogen-bond donors (Lipinski definition) is 1. The van der Waals surface area contributed by atoms with Gasteiger partial charge in [-0.3, -0.25) is 10.1 Å². The number of benzene rings is 1. The summed E-state index contributed by atoms with van der Waals surface area (Å²) in [6.07, 6.45) is 0. The molecule has 0 spiro atoms. The second-order valence-corrected chi connectivity index (χ2v) is 5.21. The minimum atomic E-state index is -0.399. The van der Waals surface area contributed by atoms with Gasteiger partial charge in [0.05, 0.1) is 4.92 Å². The van der Waals surface area contributed by atoms with E-state index in [2.05, 4.69) is 10.3 Å². The van der Waals surface area contributed by atoms with Gasteiger partial charge in [-0.15, -0.1) is 0 Å². The second kappa shape index (κ2) is 6.38. The maximum absolute atomic E-state index is 11.1. The van der Waals surface area contributed by atoms with Crippen LogP contribution in [0.1, 0.15) is 12.5 Å². The van der Waals surface area contributed by atoms with Crippen molar-refractivity contribution in [3.8, 4) is 0 Å². The molecule has 0 unspecified atom stereocenters. The van der Waals surface area contributed by atoms with E-state index < -0.39 is 4.92 Å². The third-order valence-electron chi connectivity index (χ3n) is 2.70. The minimum absolute atomic E-state index is 0.0277. The molecule has 0 bridgehead atoms. The zero-order valence-corrected chi connectivity index (χ0v) is 12.1. The number of nitrogens with one attached hydrogen (secondary N) is 1. The van der Waals surface area contributed by atoms with E-state index in [-0.39, 0.29) is 5.69 Å². The minimum Gasteiger partial charge on any atom is -0.370 e. The maximum Gasteiger partial charge on any atom is 0.301 e. The Balaban J connectivity index is 2.40. The summed E-state index contributed by atoms with van der Waals surface area (Å²) in [6.45, 7) is 4.65. The number of nitro groups is 1. The Bertz CT molecular complexity index is 632. The Morgan fingerprint density at radius 3 is 2.70 bits per heavy atom. The van der Waals surface area contributed by atoms with E-state index in [1.807, 2.05) is 38.1 Å². The lowest BCUT2D eigenvalue weighted by Crippen LogP contribution is -2.01. The molecule has 2 aromatic rings.